The van der Waals surface area contributed by atoms with Gasteiger partial charge in [-0.25, -0.2) is 4.79 Å². The zero-order chi connectivity index (χ0) is 41.1. The van der Waals surface area contributed by atoms with Gasteiger partial charge in [-0.2, -0.15) is 0 Å². The first-order chi connectivity index (χ1) is 26.6. The Morgan fingerprint density at radius 1 is 0.768 bits per heavy atom. The summed E-state index contributed by atoms with van der Waals surface area (Å²) in [6.45, 7) is 2.58. The highest BCUT2D eigenvalue weighted by Crippen LogP contribution is 2.39. The predicted octanol–water partition coefficient (Wildman–Crippen LogP) is 12.5. The number of hydrogen-bond acceptors (Lipinski definition) is 7. The molecule has 4 aromatic carbocycles. The van der Waals surface area contributed by atoms with Gasteiger partial charge < -0.3 is 35.6 Å². The smallest absolute Gasteiger partial charge is 0.328 e. The molecule has 1 fully saturated rings. The molecule has 0 heterocycles. The highest BCUT2D eigenvalue weighted by atomic mass is 79.9. The van der Waals surface area contributed by atoms with Crippen LogP contribution in [-0.2, 0) is 22.8 Å². The highest BCUT2D eigenvalue weighted by Gasteiger charge is 2.20. The second-order valence-electron chi connectivity index (χ2n) is 12.1. The Balaban J connectivity index is 0.000000249. The van der Waals surface area contributed by atoms with Crippen molar-refractivity contribution in [1.82, 2.24) is 5.32 Å². The molecule has 0 atom stereocenters. The van der Waals surface area contributed by atoms with Crippen molar-refractivity contribution in [3.05, 3.63) is 115 Å². The Hall–Kier alpha value is -2.69. The molecule has 0 unspecified atom stereocenters. The third kappa shape index (κ3) is 13.4. The van der Waals surface area contributed by atoms with Crippen LogP contribution in [0.2, 0.25) is 20.1 Å². The molecule has 10 nitrogen and oxygen atoms in total. The minimum Gasteiger partial charge on any atom is -0.486 e. The molecule has 0 radical (unpaired) electrons. The van der Waals surface area contributed by atoms with Crippen LogP contribution < -0.4 is 25.4 Å². The molecule has 1 aliphatic rings. The first kappa shape index (κ1) is 46.0. The molecule has 1 saturated carbocycles. The van der Waals surface area contributed by atoms with Gasteiger partial charge in [-0.05, 0) is 150 Å². The minimum atomic E-state index is -1.12. The molecule has 5 rings (SSSR count). The predicted molar refractivity (Wildman–Crippen MR) is 237 cm³/mol. The van der Waals surface area contributed by atoms with Crippen molar-refractivity contribution in [2.45, 2.75) is 45.4 Å². The van der Waals surface area contributed by atoms with Crippen LogP contribution in [-0.4, -0.2) is 47.2 Å². The summed E-state index contributed by atoms with van der Waals surface area (Å²) in [6, 6.07) is 14.2. The van der Waals surface area contributed by atoms with E-state index >= 15 is 0 Å². The lowest BCUT2D eigenvalue weighted by Gasteiger charge is -2.28. The zero-order valence-electron chi connectivity index (χ0n) is 29.3. The van der Waals surface area contributed by atoms with Crippen LogP contribution in [0.15, 0.2) is 72.5 Å². The number of carboxylic acid groups (broad SMARTS) is 2. The normalized spacial score (nSPS) is 12.3. The summed E-state index contributed by atoms with van der Waals surface area (Å²) >= 11 is 39.1. The molecule has 1 aliphatic carbocycles. The number of aliphatic carboxylic acids is 2. The van der Waals surface area contributed by atoms with E-state index in [-0.39, 0.29) is 18.8 Å². The van der Waals surface area contributed by atoms with E-state index in [0.717, 1.165) is 41.4 Å². The van der Waals surface area contributed by atoms with Crippen molar-refractivity contribution in [2.75, 3.05) is 23.7 Å². The van der Waals surface area contributed by atoms with E-state index in [2.05, 4.69) is 79.7 Å². The molecule has 298 valence electrons. The summed E-state index contributed by atoms with van der Waals surface area (Å²) in [5.74, 6) is -1.58. The van der Waals surface area contributed by atoms with Gasteiger partial charge in [-0.3, -0.25) is 9.59 Å². The van der Waals surface area contributed by atoms with Gasteiger partial charge in [0.15, 0.2) is 0 Å². The standard InChI is InChI=1S/C20H17Br2Cl2NO3.C18H16Br2Cl2N2O4/c21-15-6-11(4-5-18(26)27)7-16(22)20(15)28-10-12-8-13(23)9-17(19(12)24)25-14-2-1-3-14;1-2-23-14-6-11(21)3-10(16(14)22)8-28-17-12(19)4-9(5-13(17)20)18(27)24-7-15(25)26/h4-9,14,25H,1-3,10H2,(H,26,27);3-6,23H,2,7-8H2,1H3,(H,24,27)(H,25,26). The molecular weight excluding hydrogens is 1070 g/mol. The first-order valence-electron chi connectivity index (χ1n) is 16.7. The van der Waals surface area contributed by atoms with Crippen LogP contribution in [0.3, 0.4) is 0 Å². The van der Waals surface area contributed by atoms with Gasteiger partial charge in [0.1, 0.15) is 31.3 Å². The fourth-order valence-electron chi connectivity index (χ4n) is 5.07. The molecule has 0 bridgehead atoms. The minimum absolute atomic E-state index is 0.152. The number of amides is 1. The summed E-state index contributed by atoms with van der Waals surface area (Å²) in [6.07, 6.45) is 6.09. The molecule has 0 aromatic heterocycles. The van der Waals surface area contributed by atoms with Gasteiger partial charge in [0.2, 0.25) is 0 Å². The van der Waals surface area contributed by atoms with Crippen LogP contribution in [0.1, 0.15) is 53.2 Å². The summed E-state index contributed by atoms with van der Waals surface area (Å²) in [7, 11) is 0. The molecule has 0 aliphatic heterocycles. The molecule has 1 amide bonds. The maximum Gasteiger partial charge on any atom is 0.328 e. The Labute approximate surface area is 377 Å². The number of ether oxygens (including phenoxy) is 2. The topological polar surface area (TPSA) is 146 Å². The molecule has 56 heavy (non-hydrogen) atoms. The first-order valence-corrected chi connectivity index (χ1v) is 21.4. The number of carbonyl (C=O) groups is 3. The quantitative estimate of drug-likeness (QED) is 0.0734. The second kappa shape index (κ2) is 21.9. The largest absolute Gasteiger partial charge is 0.486 e. The lowest BCUT2D eigenvalue weighted by molar-refractivity contribution is -0.136. The van der Waals surface area contributed by atoms with Crippen molar-refractivity contribution < 1.29 is 34.1 Å². The average Bonchev–Trinajstić information content (AvgIpc) is 3.10. The lowest BCUT2D eigenvalue weighted by atomic mass is 9.93. The molecule has 4 aromatic rings. The Kier molecular flexibility index (Phi) is 18.0. The van der Waals surface area contributed by atoms with Crippen molar-refractivity contribution in [2.24, 2.45) is 0 Å². The van der Waals surface area contributed by atoms with E-state index in [1.54, 1.807) is 42.5 Å². The number of halogens is 8. The van der Waals surface area contributed by atoms with Gasteiger partial charge in [0, 0.05) is 45.4 Å². The molecule has 0 saturated heterocycles. The second-order valence-corrected chi connectivity index (χ2v) is 17.1. The summed E-state index contributed by atoms with van der Waals surface area (Å²) in [5.41, 5.74) is 4.03. The maximum absolute atomic E-state index is 12.0. The number of benzene rings is 4. The van der Waals surface area contributed by atoms with Crippen LogP contribution in [0.4, 0.5) is 11.4 Å². The highest BCUT2D eigenvalue weighted by molar-refractivity contribution is 9.11. The van der Waals surface area contributed by atoms with Crippen molar-refractivity contribution in [3.8, 4) is 11.5 Å². The van der Waals surface area contributed by atoms with E-state index in [4.69, 9.17) is 66.1 Å². The van der Waals surface area contributed by atoms with Crippen LogP contribution in [0.25, 0.3) is 6.08 Å². The van der Waals surface area contributed by atoms with Gasteiger partial charge in [-0.15, -0.1) is 0 Å². The van der Waals surface area contributed by atoms with Gasteiger partial charge in [-0.1, -0.05) is 46.4 Å². The fourth-order valence-corrected chi connectivity index (χ4v) is 8.86. The maximum atomic E-state index is 12.0. The third-order valence-corrected chi connectivity index (χ3v) is 11.6. The van der Waals surface area contributed by atoms with Crippen molar-refractivity contribution in [1.29, 1.82) is 0 Å². The number of anilines is 2. The Bertz CT molecular complexity index is 2090. The lowest BCUT2D eigenvalue weighted by Crippen LogP contribution is -2.29. The number of nitrogens with one attached hydrogen (secondary N) is 3. The number of carbonyl (C=O) groups excluding carboxylic acids is 1. The van der Waals surface area contributed by atoms with Gasteiger partial charge in [0.05, 0.1) is 39.3 Å². The number of carboxylic acids is 2. The Morgan fingerprint density at radius 3 is 1.73 bits per heavy atom. The SMILES string of the molecule is CCNc1cc(Cl)cc(COc2c(Br)cc(C(=O)NCC(=O)O)cc2Br)c1Cl.O=C(O)C=Cc1cc(Br)c(OCc2cc(Cl)cc(NC3CCC3)c2Cl)c(Br)c1. The number of hydrogen-bond donors (Lipinski definition) is 5. The van der Waals surface area contributed by atoms with Crippen molar-refractivity contribution in [3.63, 3.8) is 0 Å². The molecule has 5 N–H and O–H groups in total. The summed E-state index contributed by atoms with van der Waals surface area (Å²) in [4.78, 5) is 33.3. The number of rotatable bonds is 15. The van der Waals surface area contributed by atoms with Crippen LogP contribution in [0.5, 0.6) is 11.5 Å². The van der Waals surface area contributed by atoms with E-state index in [9.17, 15) is 14.4 Å². The Morgan fingerprint density at radius 2 is 1.27 bits per heavy atom. The van der Waals surface area contributed by atoms with E-state index in [1.165, 1.54) is 12.5 Å². The van der Waals surface area contributed by atoms with E-state index in [0.29, 0.717) is 67.6 Å². The summed E-state index contributed by atoms with van der Waals surface area (Å²) in [5, 5.41) is 28.5. The van der Waals surface area contributed by atoms with E-state index in [1.807, 2.05) is 13.0 Å². The summed E-state index contributed by atoms with van der Waals surface area (Å²) < 4.78 is 14.3. The average molecular weight is 1110 g/mol. The van der Waals surface area contributed by atoms with Gasteiger partial charge in [0.25, 0.3) is 5.91 Å². The molecule has 18 heteroatoms. The van der Waals surface area contributed by atoms with Gasteiger partial charge >= 0.3 is 11.9 Å². The van der Waals surface area contributed by atoms with Crippen molar-refractivity contribution >= 4 is 145 Å². The fraction of sp³-hybridized carbons (Fsp3) is 0.237. The van der Waals surface area contributed by atoms with Crippen LogP contribution >= 0.6 is 110 Å². The zero-order valence-corrected chi connectivity index (χ0v) is 38.6. The molecular formula is C38H33Br4Cl4N3O7. The molecule has 0 spiro atoms. The third-order valence-electron chi connectivity index (χ3n) is 7.90. The van der Waals surface area contributed by atoms with E-state index < -0.39 is 24.4 Å². The van der Waals surface area contributed by atoms with Crippen LogP contribution in [0, 0.1) is 0 Å². The monoisotopic (exact) mass is 1100 g/mol.